The number of nitrogens with one attached hydrogen (secondary N) is 1. The maximum Gasteiger partial charge on any atom is 0.341 e. The third-order valence-corrected chi connectivity index (χ3v) is 9.74. The predicted molar refractivity (Wildman–Crippen MR) is 147 cm³/mol. The van der Waals surface area contributed by atoms with Crippen molar-refractivity contribution in [2.24, 2.45) is 12.0 Å². The SMILES string of the molecule is CCOC(=O)c1c(NC(=O)CS(=O)(=O)CC(=O)N=c2sc3cc(C(=O)OC)ccc3n2C)sc2c1CCCC2. The van der Waals surface area contributed by atoms with Gasteiger partial charge in [0, 0.05) is 11.9 Å². The Labute approximate surface area is 232 Å². The van der Waals surface area contributed by atoms with Crippen molar-refractivity contribution < 1.29 is 37.1 Å². The second-order valence-electron chi connectivity index (χ2n) is 8.84. The molecule has 0 aliphatic heterocycles. The van der Waals surface area contributed by atoms with E-state index in [1.54, 1.807) is 36.7 Å². The number of nitrogens with zero attached hydrogens (tertiary/aromatic N) is 2. The van der Waals surface area contributed by atoms with Crippen LogP contribution >= 0.6 is 22.7 Å². The van der Waals surface area contributed by atoms with Crippen molar-refractivity contribution in [2.45, 2.75) is 32.6 Å². The minimum Gasteiger partial charge on any atom is -0.465 e. The first-order valence-corrected chi connectivity index (χ1v) is 15.6. The molecular formula is C25H27N3O8S3. The summed E-state index contributed by atoms with van der Waals surface area (Å²) >= 11 is 2.36. The van der Waals surface area contributed by atoms with E-state index in [9.17, 15) is 27.6 Å². The third-order valence-electron chi connectivity index (χ3n) is 6.05. The number of aryl methyl sites for hydroxylation is 2. The topological polar surface area (TPSA) is 150 Å². The summed E-state index contributed by atoms with van der Waals surface area (Å²) in [5.74, 6) is -4.76. The van der Waals surface area contributed by atoms with E-state index in [4.69, 9.17) is 9.47 Å². The number of thiazole rings is 1. The minimum atomic E-state index is -4.16. The van der Waals surface area contributed by atoms with Crippen molar-refractivity contribution in [3.05, 3.63) is 44.6 Å². The van der Waals surface area contributed by atoms with E-state index in [2.05, 4.69) is 10.3 Å². The highest BCUT2D eigenvalue weighted by Gasteiger charge is 2.28. The highest BCUT2D eigenvalue weighted by molar-refractivity contribution is 7.92. The number of aromatic nitrogens is 1. The smallest absolute Gasteiger partial charge is 0.341 e. The van der Waals surface area contributed by atoms with Crippen LogP contribution in [0.5, 0.6) is 0 Å². The van der Waals surface area contributed by atoms with Crippen LogP contribution in [0, 0.1) is 0 Å². The fraction of sp³-hybridized carbons (Fsp3) is 0.400. The van der Waals surface area contributed by atoms with Crippen LogP contribution in [0.2, 0.25) is 0 Å². The molecule has 1 aliphatic rings. The van der Waals surface area contributed by atoms with Gasteiger partial charge in [-0.2, -0.15) is 4.99 Å². The number of anilines is 1. The molecule has 0 saturated heterocycles. The lowest BCUT2D eigenvalue weighted by Gasteiger charge is -2.12. The van der Waals surface area contributed by atoms with Crippen LogP contribution in [0.4, 0.5) is 5.00 Å². The predicted octanol–water partition coefficient (Wildman–Crippen LogP) is 2.62. The first-order valence-electron chi connectivity index (χ1n) is 12.1. The quantitative estimate of drug-likeness (QED) is 0.392. The summed E-state index contributed by atoms with van der Waals surface area (Å²) in [5, 5.41) is 2.81. The second-order valence-corrected chi connectivity index (χ2v) is 13.0. The van der Waals surface area contributed by atoms with E-state index < -0.39 is 45.1 Å². The van der Waals surface area contributed by atoms with Gasteiger partial charge < -0.3 is 19.4 Å². The van der Waals surface area contributed by atoms with Crippen LogP contribution in [0.15, 0.2) is 23.2 Å². The highest BCUT2D eigenvalue weighted by atomic mass is 32.2. The number of fused-ring (bicyclic) bond motifs is 2. The highest BCUT2D eigenvalue weighted by Crippen LogP contribution is 2.38. The summed E-state index contributed by atoms with van der Waals surface area (Å²) in [4.78, 5) is 54.7. The number of esters is 2. The molecule has 2 amide bonds. The molecule has 0 saturated carbocycles. The molecule has 11 nitrogen and oxygen atoms in total. The first kappa shape index (κ1) is 28.6. The van der Waals surface area contributed by atoms with Crippen molar-refractivity contribution in [1.29, 1.82) is 0 Å². The molecule has 1 aliphatic carbocycles. The van der Waals surface area contributed by atoms with Gasteiger partial charge >= 0.3 is 11.9 Å². The standard InChI is InChI=1S/C25H27N3O8S3/c1-4-36-24(32)21-15-7-5-6-8-17(15)37-22(21)26-19(29)12-39(33,34)13-20(30)27-25-28(2)16-10-9-14(23(31)35-3)11-18(16)38-25/h9-11H,4-8,12-13H2,1-3H3,(H,26,29). The fourth-order valence-corrected chi connectivity index (χ4v) is 7.68. The van der Waals surface area contributed by atoms with Gasteiger partial charge in [-0.25, -0.2) is 18.0 Å². The van der Waals surface area contributed by atoms with Crippen LogP contribution in [-0.2, 0) is 48.8 Å². The summed E-state index contributed by atoms with van der Waals surface area (Å²) in [6.45, 7) is 1.85. The van der Waals surface area contributed by atoms with Crippen LogP contribution in [-0.4, -0.2) is 62.0 Å². The number of sulfone groups is 1. The molecule has 2 heterocycles. The van der Waals surface area contributed by atoms with Gasteiger partial charge in [0.05, 0.1) is 35.1 Å². The van der Waals surface area contributed by atoms with Crippen LogP contribution in [0.25, 0.3) is 10.2 Å². The van der Waals surface area contributed by atoms with E-state index in [0.717, 1.165) is 41.0 Å². The van der Waals surface area contributed by atoms with Gasteiger partial charge in [-0.3, -0.25) is 9.59 Å². The lowest BCUT2D eigenvalue weighted by molar-refractivity contribution is -0.115. The van der Waals surface area contributed by atoms with Crippen molar-refractivity contribution in [1.82, 2.24) is 4.57 Å². The molecule has 208 valence electrons. The van der Waals surface area contributed by atoms with E-state index >= 15 is 0 Å². The number of methoxy groups -OCH3 is 1. The zero-order chi connectivity index (χ0) is 28.3. The minimum absolute atomic E-state index is 0.167. The summed E-state index contributed by atoms with van der Waals surface area (Å²) in [6, 6.07) is 4.85. The number of thiophene rings is 1. The van der Waals surface area contributed by atoms with E-state index in [1.807, 2.05) is 0 Å². The number of carbonyl (C=O) groups is 4. The largest absolute Gasteiger partial charge is 0.465 e. The summed E-state index contributed by atoms with van der Waals surface area (Å²) in [7, 11) is -1.23. The Kier molecular flexibility index (Phi) is 8.67. The lowest BCUT2D eigenvalue weighted by atomic mass is 9.95. The fourth-order valence-electron chi connectivity index (χ4n) is 4.30. The van der Waals surface area contributed by atoms with Gasteiger partial charge in [0.25, 0.3) is 5.91 Å². The third kappa shape index (κ3) is 6.45. The Hall–Kier alpha value is -3.36. The summed E-state index contributed by atoms with van der Waals surface area (Å²) < 4.78 is 37.5. The van der Waals surface area contributed by atoms with Crippen LogP contribution in [0.1, 0.15) is 50.9 Å². The number of benzene rings is 1. The average Bonchev–Trinajstić information content (AvgIpc) is 3.38. The van der Waals surface area contributed by atoms with Gasteiger partial charge in [0.2, 0.25) is 5.91 Å². The molecule has 0 bridgehead atoms. The Balaban J connectivity index is 1.48. The molecule has 0 radical (unpaired) electrons. The Morgan fingerprint density at radius 3 is 2.54 bits per heavy atom. The summed E-state index contributed by atoms with van der Waals surface area (Å²) in [5.41, 5.74) is 2.14. The molecule has 0 spiro atoms. The van der Waals surface area contributed by atoms with E-state index in [-0.39, 0.29) is 22.0 Å². The molecule has 39 heavy (non-hydrogen) atoms. The Morgan fingerprint density at radius 1 is 1.08 bits per heavy atom. The van der Waals surface area contributed by atoms with Crippen molar-refractivity contribution >= 4 is 71.5 Å². The maximum absolute atomic E-state index is 12.7. The molecule has 0 fully saturated rings. The van der Waals surface area contributed by atoms with Crippen molar-refractivity contribution in [3.63, 3.8) is 0 Å². The lowest BCUT2D eigenvalue weighted by Crippen LogP contribution is -2.28. The van der Waals surface area contributed by atoms with Crippen LogP contribution in [0.3, 0.4) is 0 Å². The number of rotatable bonds is 8. The normalized spacial score (nSPS) is 13.7. The number of amides is 2. The second kappa shape index (κ2) is 11.8. The first-order chi connectivity index (χ1) is 18.5. The Morgan fingerprint density at radius 2 is 1.82 bits per heavy atom. The molecule has 2 aromatic heterocycles. The molecule has 14 heteroatoms. The van der Waals surface area contributed by atoms with E-state index in [0.29, 0.717) is 22.2 Å². The maximum atomic E-state index is 12.7. The van der Waals surface area contributed by atoms with Gasteiger partial charge in [0.15, 0.2) is 14.6 Å². The number of carbonyl (C=O) groups excluding carboxylic acids is 4. The van der Waals surface area contributed by atoms with Crippen molar-refractivity contribution in [3.8, 4) is 0 Å². The zero-order valence-electron chi connectivity index (χ0n) is 21.6. The molecule has 0 unspecified atom stereocenters. The average molecular weight is 594 g/mol. The number of hydrogen-bond acceptors (Lipinski definition) is 10. The number of hydrogen-bond donors (Lipinski definition) is 1. The number of ether oxygens (including phenoxy) is 2. The van der Waals surface area contributed by atoms with Gasteiger partial charge in [-0.15, -0.1) is 11.3 Å². The molecule has 4 rings (SSSR count). The van der Waals surface area contributed by atoms with Gasteiger partial charge in [-0.05, 0) is 56.4 Å². The summed E-state index contributed by atoms with van der Waals surface area (Å²) in [6.07, 6.45) is 3.33. The molecule has 1 N–H and O–H groups in total. The van der Waals surface area contributed by atoms with Crippen LogP contribution < -0.4 is 10.1 Å². The molecule has 1 aromatic carbocycles. The molecular weight excluding hydrogens is 566 g/mol. The molecule has 3 aromatic rings. The monoisotopic (exact) mass is 593 g/mol. The van der Waals surface area contributed by atoms with Crippen molar-refractivity contribution in [2.75, 3.05) is 30.5 Å². The van der Waals surface area contributed by atoms with Gasteiger partial charge in [0.1, 0.15) is 16.5 Å². The molecule has 0 atom stereocenters. The zero-order valence-corrected chi connectivity index (χ0v) is 24.0. The van der Waals surface area contributed by atoms with Gasteiger partial charge in [-0.1, -0.05) is 11.3 Å². The Bertz CT molecular complexity index is 1650. The van der Waals surface area contributed by atoms with E-state index in [1.165, 1.54) is 18.4 Å².